The van der Waals surface area contributed by atoms with E-state index in [4.69, 9.17) is 0 Å². The number of aromatic nitrogens is 2. The topological polar surface area (TPSA) is 69.3 Å². The predicted molar refractivity (Wildman–Crippen MR) is 95.8 cm³/mol. The number of H-pyrrole nitrogens is 1. The molecule has 1 unspecified atom stereocenters. The molecule has 0 saturated carbocycles. The predicted octanol–water partition coefficient (Wildman–Crippen LogP) is 1.97. The first kappa shape index (κ1) is 16.8. The molecule has 2 aliphatic rings. The van der Waals surface area contributed by atoms with E-state index >= 15 is 0 Å². The van der Waals surface area contributed by atoms with Gasteiger partial charge in [0.05, 0.1) is 10.9 Å². The maximum absolute atomic E-state index is 13.2. The summed E-state index contributed by atoms with van der Waals surface area (Å²) in [7, 11) is -3.47. The van der Waals surface area contributed by atoms with Crippen molar-refractivity contribution in [3.05, 3.63) is 47.5 Å². The summed E-state index contributed by atoms with van der Waals surface area (Å²) in [5.41, 5.74) is 2.49. The highest BCUT2D eigenvalue weighted by atomic mass is 32.2. The fourth-order valence-electron chi connectivity index (χ4n) is 3.97. The van der Waals surface area contributed by atoms with Crippen LogP contribution in [0.1, 0.15) is 36.3 Å². The summed E-state index contributed by atoms with van der Waals surface area (Å²) in [6.07, 6.45) is 6.67. The van der Waals surface area contributed by atoms with Crippen LogP contribution < -0.4 is 0 Å². The van der Waals surface area contributed by atoms with Crippen LogP contribution in [0.15, 0.2) is 35.5 Å². The highest BCUT2D eigenvalue weighted by Gasteiger charge is 2.35. The summed E-state index contributed by atoms with van der Waals surface area (Å²) < 4.78 is 28.0. The minimum Gasteiger partial charge on any atom is -0.347 e. The molecule has 1 aliphatic heterocycles. The molecule has 1 atom stereocenters. The van der Waals surface area contributed by atoms with Gasteiger partial charge in [-0.15, -0.1) is 0 Å². The Morgan fingerprint density at radius 3 is 2.84 bits per heavy atom. The first-order chi connectivity index (χ1) is 12.1. The normalized spacial score (nSPS) is 22.2. The van der Waals surface area contributed by atoms with Crippen LogP contribution in [0.2, 0.25) is 0 Å². The van der Waals surface area contributed by atoms with Gasteiger partial charge < -0.3 is 4.98 Å². The molecule has 2 heterocycles. The van der Waals surface area contributed by atoms with Gasteiger partial charge in [-0.1, -0.05) is 13.0 Å². The van der Waals surface area contributed by atoms with E-state index in [0.717, 1.165) is 31.6 Å². The molecule has 0 amide bonds. The lowest BCUT2D eigenvalue weighted by atomic mass is 10.1. The Labute approximate surface area is 148 Å². The van der Waals surface area contributed by atoms with E-state index < -0.39 is 10.0 Å². The third-order valence-corrected chi connectivity index (χ3v) is 7.26. The SMILES string of the molecule is CCN1CCN(S(=O)(=O)c2ccc3c(c2)CCC3)CC1c1ncc[nH]1. The monoisotopic (exact) mass is 360 g/mol. The van der Waals surface area contributed by atoms with Crippen LogP contribution >= 0.6 is 0 Å². The quantitative estimate of drug-likeness (QED) is 0.905. The number of imidazole rings is 1. The van der Waals surface area contributed by atoms with Crippen molar-refractivity contribution < 1.29 is 8.42 Å². The number of nitrogens with zero attached hydrogens (tertiary/aromatic N) is 3. The van der Waals surface area contributed by atoms with Crippen LogP contribution in [0.3, 0.4) is 0 Å². The summed E-state index contributed by atoms with van der Waals surface area (Å²) in [6.45, 7) is 4.63. The molecular formula is C18H24N4O2S. The van der Waals surface area contributed by atoms with Gasteiger partial charge in [-0.2, -0.15) is 4.31 Å². The Balaban J connectivity index is 1.62. The molecule has 6 nitrogen and oxygen atoms in total. The number of rotatable bonds is 4. The number of benzene rings is 1. The van der Waals surface area contributed by atoms with Crippen LogP contribution in [-0.2, 0) is 22.9 Å². The molecule has 4 rings (SSSR count). The number of aromatic amines is 1. The van der Waals surface area contributed by atoms with E-state index in [1.165, 1.54) is 11.1 Å². The van der Waals surface area contributed by atoms with Crippen LogP contribution in [0.25, 0.3) is 0 Å². The van der Waals surface area contributed by atoms with Crippen molar-refractivity contribution in [2.75, 3.05) is 26.2 Å². The summed E-state index contributed by atoms with van der Waals surface area (Å²) in [6, 6.07) is 5.61. The third kappa shape index (κ3) is 3.01. The first-order valence-corrected chi connectivity index (χ1v) is 10.4. The number of aryl methyl sites for hydroxylation is 2. The zero-order chi connectivity index (χ0) is 17.4. The summed E-state index contributed by atoms with van der Waals surface area (Å²) >= 11 is 0. The number of hydrogen-bond donors (Lipinski definition) is 1. The van der Waals surface area contributed by atoms with Crippen LogP contribution in [0.4, 0.5) is 0 Å². The Kier molecular flexibility index (Phi) is 4.39. The van der Waals surface area contributed by atoms with Crippen LogP contribution in [0.5, 0.6) is 0 Å². The van der Waals surface area contributed by atoms with E-state index in [-0.39, 0.29) is 6.04 Å². The van der Waals surface area contributed by atoms with E-state index in [1.807, 2.05) is 12.1 Å². The molecule has 134 valence electrons. The number of hydrogen-bond acceptors (Lipinski definition) is 4. The summed E-state index contributed by atoms with van der Waals surface area (Å²) in [5.74, 6) is 0.829. The van der Waals surface area contributed by atoms with E-state index in [0.29, 0.717) is 24.5 Å². The summed E-state index contributed by atoms with van der Waals surface area (Å²) in [4.78, 5) is 10.2. The average molecular weight is 360 g/mol. The van der Waals surface area contributed by atoms with Gasteiger partial charge in [0.1, 0.15) is 5.82 Å². The second kappa shape index (κ2) is 6.55. The van der Waals surface area contributed by atoms with Crippen molar-refractivity contribution in [3.63, 3.8) is 0 Å². The fourth-order valence-corrected chi connectivity index (χ4v) is 5.46. The zero-order valence-corrected chi connectivity index (χ0v) is 15.3. The molecule has 0 spiro atoms. The van der Waals surface area contributed by atoms with Crippen molar-refractivity contribution in [2.24, 2.45) is 0 Å². The van der Waals surface area contributed by atoms with E-state index in [9.17, 15) is 8.42 Å². The molecule has 1 aliphatic carbocycles. The molecule has 1 saturated heterocycles. The van der Waals surface area contributed by atoms with Gasteiger partial charge >= 0.3 is 0 Å². The lowest BCUT2D eigenvalue weighted by Gasteiger charge is -2.39. The number of nitrogens with one attached hydrogen (secondary N) is 1. The van der Waals surface area contributed by atoms with Crippen molar-refractivity contribution in [3.8, 4) is 0 Å². The minimum absolute atomic E-state index is 0.0297. The highest BCUT2D eigenvalue weighted by molar-refractivity contribution is 7.89. The molecule has 2 aromatic rings. The van der Waals surface area contributed by atoms with Crippen LogP contribution in [-0.4, -0.2) is 53.8 Å². The Hall–Kier alpha value is -1.70. The molecule has 0 bridgehead atoms. The lowest BCUT2D eigenvalue weighted by Crippen LogP contribution is -2.50. The number of piperazine rings is 1. The Bertz CT molecular complexity index is 848. The number of fused-ring (bicyclic) bond motifs is 1. The van der Waals surface area contributed by atoms with Crippen molar-refractivity contribution >= 4 is 10.0 Å². The Morgan fingerprint density at radius 1 is 1.24 bits per heavy atom. The molecule has 1 fully saturated rings. The van der Waals surface area contributed by atoms with Crippen molar-refractivity contribution in [1.29, 1.82) is 0 Å². The molecule has 7 heteroatoms. The van der Waals surface area contributed by atoms with Gasteiger partial charge in [0.2, 0.25) is 10.0 Å². The minimum atomic E-state index is -3.47. The zero-order valence-electron chi connectivity index (χ0n) is 14.5. The number of sulfonamides is 1. The highest BCUT2D eigenvalue weighted by Crippen LogP contribution is 2.29. The smallest absolute Gasteiger partial charge is 0.243 e. The van der Waals surface area contributed by atoms with Gasteiger partial charge in [-0.05, 0) is 49.1 Å². The largest absolute Gasteiger partial charge is 0.347 e. The van der Waals surface area contributed by atoms with Gasteiger partial charge in [0, 0.05) is 32.0 Å². The van der Waals surface area contributed by atoms with Gasteiger partial charge in [-0.3, -0.25) is 4.90 Å². The van der Waals surface area contributed by atoms with Crippen molar-refractivity contribution in [1.82, 2.24) is 19.2 Å². The fraction of sp³-hybridized carbons (Fsp3) is 0.500. The molecular weight excluding hydrogens is 336 g/mol. The molecule has 1 N–H and O–H groups in total. The van der Waals surface area contributed by atoms with Gasteiger partial charge in [0.25, 0.3) is 0 Å². The van der Waals surface area contributed by atoms with Crippen LogP contribution in [0, 0.1) is 0 Å². The molecule has 1 aromatic heterocycles. The first-order valence-electron chi connectivity index (χ1n) is 8.95. The van der Waals surface area contributed by atoms with Gasteiger partial charge in [-0.25, -0.2) is 13.4 Å². The van der Waals surface area contributed by atoms with Gasteiger partial charge in [0.15, 0.2) is 0 Å². The maximum atomic E-state index is 13.2. The van der Waals surface area contributed by atoms with E-state index in [2.05, 4.69) is 21.8 Å². The molecule has 1 aromatic carbocycles. The second-order valence-electron chi connectivity index (χ2n) is 6.77. The van der Waals surface area contributed by atoms with E-state index in [1.54, 1.807) is 22.8 Å². The number of likely N-dealkylation sites (N-methyl/N-ethyl adjacent to an activating group) is 1. The summed E-state index contributed by atoms with van der Waals surface area (Å²) in [5, 5.41) is 0. The third-order valence-electron chi connectivity index (χ3n) is 5.40. The lowest BCUT2D eigenvalue weighted by molar-refractivity contribution is 0.119. The Morgan fingerprint density at radius 2 is 2.08 bits per heavy atom. The standard InChI is InChI=1S/C18H24N4O2S/c1-2-21-10-11-22(13-17(21)18-19-8-9-20-18)25(23,24)16-7-6-14-4-3-5-15(14)12-16/h6-9,12,17H,2-5,10-11,13H2,1H3,(H,19,20). The maximum Gasteiger partial charge on any atom is 0.243 e. The van der Waals surface area contributed by atoms with Crippen molar-refractivity contribution in [2.45, 2.75) is 37.1 Å². The average Bonchev–Trinajstić information content (AvgIpc) is 3.31. The molecule has 0 radical (unpaired) electrons. The second-order valence-corrected chi connectivity index (χ2v) is 8.70. The molecule has 25 heavy (non-hydrogen) atoms.